The molecular formula is C49H51F3N4O11S2. The Labute approximate surface area is 400 Å². The third-order valence-corrected chi connectivity index (χ3v) is 15.8. The lowest BCUT2D eigenvalue weighted by atomic mass is 9.78. The third kappa shape index (κ3) is 8.24. The lowest BCUT2D eigenvalue weighted by Crippen LogP contribution is -2.53. The molecule has 3 amide bonds. The van der Waals surface area contributed by atoms with Crippen LogP contribution in [0.25, 0.3) is 16.7 Å². The number of aliphatic hydroxyl groups excluding tert-OH is 2. The summed E-state index contributed by atoms with van der Waals surface area (Å²) in [6, 6.07) is 3.39. The second-order valence-electron chi connectivity index (χ2n) is 19.2. The summed E-state index contributed by atoms with van der Waals surface area (Å²) >= 11 is 0.262. The molecule has 0 radical (unpaired) electrons. The molecule has 6 heterocycles. The Bertz CT molecular complexity index is 3120. The zero-order chi connectivity index (χ0) is 49.6. The molecule has 6 aliphatic heterocycles. The van der Waals surface area contributed by atoms with Gasteiger partial charge in [0, 0.05) is 104 Å². The van der Waals surface area contributed by atoms with Crippen LogP contribution in [-0.4, -0.2) is 119 Å². The second kappa shape index (κ2) is 17.7. The standard InChI is InChI=1S/C49H51F3N4O11S2/c1-48(2)21-25(23-57)29-19-31-36(32-20-30-26(24-58)22-49(3,4)55-16-7-10-28(43(30)55)45(32)66-44(31)27-9-6-15-54(48)42(27)29)37-38(39(50)41(52)46(40(37)51)68-17-18-69(63,64)65)47(62)53(5)14-8-11-35(61)67-56-33(59)12-13-34(56)60/h19-22,57-58H,6-18,23-24H2,1-5H3. The Hall–Kier alpha value is -5.54. The quantitative estimate of drug-likeness (QED) is 0.0640. The van der Waals surface area contributed by atoms with E-state index in [9.17, 15) is 42.4 Å². The summed E-state index contributed by atoms with van der Waals surface area (Å²) in [5.74, 6) is -9.69. The van der Waals surface area contributed by atoms with Gasteiger partial charge in [-0.05, 0) is 68.9 Å². The van der Waals surface area contributed by atoms with Gasteiger partial charge in [-0.25, -0.2) is 31.0 Å². The number of fused-ring (bicyclic) bond motifs is 4. The second-order valence-corrected chi connectivity index (χ2v) is 21.8. The summed E-state index contributed by atoms with van der Waals surface area (Å²) < 4.78 is 96.5. The van der Waals surface area contributed by atoms with E-state index in [1.54, 1.807) is 12.1 Å². The first-order valence-corrected chi connectivity index (χ1v) is 25.4. The van der Waals surface area contributed by atoms with Crippen LogP contribution in [0.3, 0.4) is 0 Å². The summed E-state index contributed by atoms with van der Waals surface area (Å²) in [7, 11) is -3.65. The lowest BCUT2D eigenvalue weighted by molar-refractivity contribution is -0.197. The summed E-state index contributed by atoms with van der Waals surface area (Å²) in [6.07, 6.45) is 5.32. The SMILES string of the molecule is CN(CCCC(=O)ON1C(=O)CCC1=O)C(=O)c1c(F)c(F)c(SCCS(=O)(=O)[O-])c(F)c1C1=c2cc3c4c(c2Oc2c1cc1c5c2CCCN5C(C)(C)C=C1CO)CCC[N+]=4C(C)(C)C=C3CO. The number of ether oxygens (including phenoxy) is 1. The van der Waals surface area contributed by atoms with Gasteiger partial charge in [0.05, 0.1) is 56.1 Å². The van der Waals surface area contributed by atoms with Crippen molar-refractivity contribution in [2.75, 3.05) is 56.3 Å². The minimum atomic E-state index is -4.88. The van der Waals surface area contributed by atoms with E-state index in [4.69, 9.17) is 9.57 Å². The minimum absolute atomic E-state index is 0.0715. The predicted molar refractivity (Wildman–Crippen MR) is 247 cm³/mol. The molecule has 1 saturated heterocycles. The number of carbonyl (C=O) groups excluding carboxylic acids is 4. The van der Waals surface area contributed by atoms with Gasteiger partial charge in [-0.2, -0.15) is 0 Å². The van der Waals surface area contributed by atoms with E-state index in [1.807, 2.05) is 39.8 Å². The van der Waals surface area contributed by atoms with Crippen molar-refractivity contribution in [1.29, 1.82) is 0 Å². The van der Waals surface area contributed by atoms with Crippen molar-refractivity contribution in [1.82, 2.24) is 14.5 Å². The Morgan fingerprint density at radius 3 is 2.28 bits per heavy atom. The Morgan fingerprint density at radius 1 is 0.913 bits per heavy atom. The molecule has 69 heavy (non-hydrogen) atoms. The largest absolute Gasteiger partial charge is 0.748 e. The molecular weight excluding hydrogens is 942 g/mol. The van der Waals surface area contributed by atoms with Gasteiger partial charge in [0.15, 0.2) is 17.2 Å². The van der Waals surface area contributed by atoms with Crippen LogP contribution in [0.15, 0.2) is 29.2 Å². The number of amides is 3. The molecule has 20 heteroatoms. The van der Waals surface area contributed by atoms with E-state index in [0.29, 0.717) is 77.2 Å². The number of benzene rings is 3. The highest BCUT2D eigenvalue weighted by Crippen LogP contribution is 2.53. The number of halogens is 3. The van der Waals surface area contributed by atoms with E-state index in [1.165, 1.54) is 7.05 Å². The van der Waals surface area contributed by atoms with Gasteiger partial charge in [0.2, 0.25) is 5.36 Å². The van der Waals surface area contributed by atoms with Crippen LogP contribution in [-0.2, 0) is 42.2 Å². The molecule has 15 nitrogen and oxygen atoms in total. The molecule has 3 aromatic carbocycles. The molecule has 0 unspecified atom stereocenters. The molecule has 1 fully saturated rings. The van der Waals surface area contributed by atoms with Gasteiger partial charge < -0.3 is 34.1 Å². The number of hydrogen-bond acceptors (Lipinski definition) is 13. The van der Waals surface area contributed by atoms with Crippen LogP contribution >= 0.6 is 11.8 Å². The highest BCUT2D eigenvalue weighted by atomic mass is 32.2. The molecule has 0 aliphatic carbocycles. The first-order chi connectivity index (χ1) is 32.6. The Kier molecular flexibility index (Phi) is 12.4. The average molecular weight is 993 g/mol. The van der Waals surface area contributed by atoms with Crippen LogP contribution in [0.1, 0.15) is 110 Å². The van der Waals surface area contributed by atoms with E-state index < -0.39 is 110 Å². The number of thioether (sulfide) groups is 1. The number of nitrogens with zero attached hydrogens (tertiary/aromatic N) is 4. The van der Waals surface area contributed by atoms with Gasteiger partial charge in [-0.1, -0.05) is 6.08 Å². The maximum absolute atomic E-state index is 18.2. The molecule has 3 aromatic rings. The fourth-order valence-corrected chi connectivity index (χ4v) is 12.5. The molecule has 0 bridgehead atoms. The van der Waals surface area contributed by atoms with Gasteiger partial charge in [0.1, 0.15) is 23.9 Å². The summed E-state index contributed by atoms with van der Waals surface area (Å²) in [5, 5.41) is 23.1. The zero-order valence-electron chi connectivity index (χ0n) is 38.7. The van der Waals surface area contributed by atoms with Gasteiger partial charge in [0.25, 0.3) is 17.7 Å². The van der Waals surface area contributed by atoms with Crippen LogP contribution in [0, 0.1) is 17.5 Å². The van der Waals surface area contributed by atoms with E-state index >= 15 is 13.2 Å². The number of anilines is 1. The van der Waals surface area contributed by atoms with Crippen molar-refractivity contribution in [3.63, 3.8) is 0 Å². The first-order valence-electron chi connectivity index (χ1n) is 22.8. The predicted octanol–water partition coefficient (Wildman–Crippen LogP) is 4.08. The zero-order valence-corrected chi connectivity index (χ0v) is 40.4. The monoisotopic (exact) mass is 992 g/mol. The van der Waals surface area contributed by atoms with E-state index in [2.05, 4.69) is 9.48 Å². The maximum Gasteiger partial charge on any atom is 0.333 e. The van der Waals surface area contributed by atoms with Crippen molar-refractivity contribution in [3.8, 4) is 11.5 Å². The maximum atomic E-state index is 18.2. The van der Waals surface area contributed by atoms with Crippen LogP contribution < -0.4 is 24.8 Å². The molecule has 2 N–H and O–H groups in total. The van der Waals surface area contributed by atoms with Crippen molar-refractivity contribution in [2.45, 2.75) is 95.0 Å². The van der Waals surface area contributed by atoms with Crippen molar-refractivity contribution in [3.05, 3.63) is 91.3 Å². The molecule has 366 valence electrons. The number of carbonyl (C=O) groups is 4. The topological polar surface area (TPSA) is 197 Å². The van der Waals surface area contributed by atoms with Crippen molar-refractivity contribution < 1.29 is 65.1 Å². The fourth-order valence-electron chi connectivity index (χ4n) is 10.7. The summed E-state index contributed by atoms with van der Waals surface area (Å²) in [6.45, 7) is 8.31. The van der Waals surface area contributed by atoms with Crippen LogP contribution in [0.4, 0.5) is 18.9 Å². The van der Waals surface area contributed by atoms with Crippen LogP contribution in [0.5, 0.6) is 11.5 Å². The van der Waals surface area contributed by atoms with Crippen molar-refractivity contribution >= 4 is 68.0 Å². The Balaban J connectivity index is 1.32. The summed E-state index contributed by atoms with van der Waals surface area (Å²) in [5.41, 5.74) is 1.73. The molecule has 0 saturated carbocycles. The van der Waals surface area contributed by atoms with Crippen LogP contribution in [0.2, 0.25) is 0 Å². The van der Waals surface area contributed by atoms with Crippen molar-refractivity contribution in [2.24, 2.45) is 0 Å². The van der Waals surface area contributed by atoms with Gasteiger partial charge >= 0.3 is 5.97 Å². The fraction of sp³-hybridized carbons (Fsp3) is 0.449. The summed E-state index contributed by atoms with van der Waals surface area (Å²) in [4.78, 5) is 58.8. The van der Waals surface area contributed by atoms with Gasteiger partial charge in [-0.3, -0.25) is 14.4 Å². The number of hydrogen-bond donors (Lipinski definition) is 2. The molecule has 9 rings (SSSR count). The smallest absolute Gasteiger partial charge is 0.333 e. The lowest BCUT2D eigenvalue weighted by Gasteiger charge is -2.47. The van der Waals surface area contributed by atoms with Gasteiger partial charge in [-0.15, -0.1) is 16.8 Å². The van der Waals surface area contributed by atoms with E-state index in [0.717, 1.165) is 15.9 Å². The average Bonchev–Trinajstić information content (AvgIpc) is 3.61. The molecule has 0 atom stereocenters. The number of aliphatic hydroxyl groups is 2. The highest BCUT2D eigenvalue weighted by Gasteiger charge is 2.44. The molecule has 6 aliphatic rings. The number of hydroxylamine groups is 2. The third-order valence-electron chi connectivity index (χ3n) is 13.8. The molecule has 0 aromatic heterocycles. The minimum Gasteiger partial charge on any atom is -0.748 e. The Morgan fingerprint density at radius 2 is 1.59 bits per heavy atom. The molecule has 0 spiro atoms. The number of imide groups is 1. The first kappa shape index (κ1) is 48.5. The van der Waals surface area contributed by atoms with E-state index in [-0.39, 0.29) is 65.4 Å². The number of rotatable bonds is 13. The highest BCUT2D eigenvalue weighted by molar-refractivity contribution is 8.00. The normalized spacial score (nSPS) is 18.5.